The molecular formula is C14H25NO5. The zero-order chi connectivity index (χ0) is 15.6. The van der Waals surface area contributed by atoms with Crippen molar-refractivity contribution in [1.82, 2.24) is 4.90 Å². The summed E-state index contributed by atoms with van der Waals surface area (Å²) >= 11 is 0. The minimum atomic E-state index is -1.15. The lowest BCUT2D eigenvalue weighted by molar-refractivity contribution is -0.160. The molecule has 1 aliphatic heterocycles. The molecule has 1 heterocycles. The molecule has 1 rings (SSSR count). The number of carbonyl (C=O) groups excluding carboxylic acids is 2. The Morgan fingerprint density at radius 1 is 1.35 bits per heavy atom. The molecule has 1 aliphatic rings. The molecule has 0 bridgehead atoms. The molecule has 116 valence electrons. The van der Waals surface area contributed by atoms with E-state index < -0.39 is 29.3 Å². The molecule has 0 aromatic carbocycles. The van der Waals surface area contributed by atoms with Crippen molar-refractivity contribution in [3.63, 3.8) is 0 Å². The van der Waals surface area contributed by atoms with Gasteiger partial charge in [0.1, 0.15) is 5.60 Å². The third-order valence-corrected chi connectivity index (χ3v) is 3.39. The fourth-order valence-corrected chi connectivity index (χ4v) is 2.40. The summed E-state index contributed by atoms with van der Waals surface area (Å²) in [5, 5.41) is 0. The maximum absolute atomic E-state index is 12.3. The van der Waals surface area contributed by atoms with Crippen LogP contribution in [-0.4, -0.2) is 54.5 Å². The van der Waals surface area contributed by atoms with Gasteiger partial charge in [0, 0.05) is 13.7 Å². The predicted octanol–water partition coefficient (Wildman–Crippen LogP) is 1.96. The van der Waals surface area contributed by atoms with Crippen molar-refractivity contribution in [2.75, 3.05) is 20.3 Å². The summed E-state index contributed by atoms with van der Waals surface area (Å²) < 4.78 is 15.8. The fraction of sp³-hybridized carbons (Fsp3) is 0.857. The van der Waals surface area contributed by atoms with Crippen LogP contribution in [0.15, 0.2) is 0 Å². The predicted molar refractivity (Wildman–Crippen MR) is 73.4 cm³/mol. The third-order valence-electron chi connectivity index (χ3n) is 3.39. The zero-order valence-corrected chi connectivity index (χ0v) is 13.2. The Morgan fingerprint density at radius 2 is 1.95 bits per heavy atom. The van der Waals surface area contributed by atoms with Crippen LogP contribution in [0.2, 0.25) is 0 Å². The number of hydrogen-bond donors (Lipinski definition) is 0. The van der Waals surface area contributed by atoms with Crippen molar-refractivity contribution in [2.24, 2.45) is 0 Å². The molecule has 0 spiro atoms. The van der Waals surface area contributed by atoms with Gasteiger partial charge in [0.05, 0.1) is 12.7 Å². The minimum Gasteiger partial charge on any atom is -0.464 e. The van der Waals surface area contributed by atoms with Crippen molar-refractivity contribution in [3.8, 4) is 0 Å². The number of ether oxygens (including phenoxy) is 3. The van der Waals surface area contributed by atoms with Crippen molar-refractivity contribution >= 4 is 12.1 Å². The Hall–Kier alpha value is -1.30. The van der Waals surface area contributed by atoms with Gasteiger partial charge >= 0.3 is 12.1 Å². The molecule has 20 heavy (non-hydrogen) atoms. The van der Waals surface area contributed by atoms with Crippen LogP contribution in [-0.2, 0) is 19.0 Å². The molecule has 2 atom stereocenters. The molecule has 1 fully saturated rings. The van der Waals surface area contributed by atoms with Crippen LogP contribution >= 0.6 is 0 Å². The zero-order valence-electron chi connectivity index (χ0n) is 13.2. The van der Waals surface area contributed by atoms with Crippen LogP contribution in [0.5, 0.6) is 0 Å². The summed E-state index contributed by atoms with van der Waals surface area (Å²) in [5.41, 5.74) is -1.76. The summed E-state index contributed by atoms with van der Waals surface area (Å²) in [6.07, 6.45) is -0.341. The lowest BCUT2D eigenvalue weighted by Crippen LogP contribution is -2.58. The van der Waals surface area contributed by atoms with E-state index in [9.17, 15) is 9.59 Å². The van der Waals surface area contributed by atoms with E-state index in [1.807, 2.05) is 0 Å². The molecule has 2 unspecified atom stereocenters. The van der Waals surface area contributed by atoms with Crippen LogP contribution in [0.1, 0.15) is 41.0 Å². The molecule has 1 amide bonds. The third kappa shape index (κ3) is 3.23. The summed E-state index contributed by atoms with van der Waals surface area (Å²) in [6, 6.07) is 0. The van der Waals surface area contributed by atoms with Gasteiger partial charge < -0.3 is 14.2 Å². The van der Waals surface area contributed by atoms with Gasteiger partial charge in [-0.2, -0.15) is 0 Å². The lowest BCUT2D eigenvalue weighted by atomic mass is 9.96. The molecule has 0 aliphatic carbocycles. The molecule has 0 N–H and O–H groups in total. The van der Waals surface area contributed by atoms with Crippen molar-refractivity contribution in [3.05, 3.63) is 0 Å². The second-order valence-electron chi connectivity index (χ2n) is 6.01. The lowest BCUT2D eigenvalue weighted by Gasteiger charge is -2.36. The van der Waals surface area contributed by atoms with Crippen molar-refractivity contribution < 1.29 is 23.8 Å². The number of likely N-dealkylation sites (tertiary alicyclic amines) is 1. The average Bonchev–Trinajstić information content (AvgIpc) is 2.65. The van der Waals surface area contributed by atoms with Crippen LogP contribution in [0.4, 0.5) is 4.79 Å². The number of rotatable bonds is 3. The van der Waals surface area contributed by atoms with Gasteiger partial charge in [-0.15, -0.1) is 0 Å². The normalized spacial score (nSPS) is 26.5. The van der Waals surface area contributed by atoms with E-state index in [1.165, 1.54) is 12.0 Å². The summed E-state index contributed by atoms with van der Waals surface area (Å²) in [5.74, 6) is -0.463. The van der Waals surface area contributed by atoms with Gasteiger partial charge in [-0.05, 0) is 41.0 Å². The quantitative estimate of drug-likeness (QED) is 0.742. The van der Waals surface area contributed by atoms with E-state index in [0.29, 0.717) is 13.0 Å². The Kier molecular flexibility index (Phi) is 5.02. The maximum atomic E-state index is 12.3. The van der Waals surface area contributed by atoms with E-state index in [0.717, 1.165) is 0 Å². The summed E-state index contributed by atoms with van der Waals surface area (Å²) in [7, 11) is 1.53. The molecule has 0 aromatic heterocycles. The smallest absolute Gasteiger partial charge is 0.411 e. The van der Waals surface area contributed by atoms with E-state index >= 15 is 0 Å². The van der Waals surface area contributed by atoms with Crippen LogP contribution in [0, 0.1) is 0 Å². The van der Waals surface area contributed by atoms with Crippen molar-refractivity contribution in [1.29, 1.82) is 0 Å². The maximum Gasteiger partial charge on any atom is 0.411 e. The Labute approximate surface area is 120 Å². The van der Waals surface area contributed by atoms with Gasteiger partial charge in [0.2, 0.25) is 0 Å². The minimum absolute atomic E-state index is 0.257. The van der Waals surface area contributed by atoms with E-state index in [1.54, 1.807) is 34.6 Å². The van der Waals surface area contributed by atoms with Gasteiger partial charge in [-0.25, -0.2) is 9.59 Å². The highest BCUT2D eigenvalue weighted by molar-refractivity contribution is 5.87. The number of esters is 1. The largest absolute Gasteiger partial charge is 0.464 e. The Morgan fingerprint density at radius 3 is 2.40 bits per heavy atom. The molecule has 6 heteroatoms. The Balaban J connectivity index is 3.00. The molecule has 0 saturated carbocycles. The number of nitrogens with zero attached hydrogens (tertiary/aromatic N) is 1. The van der Waals surface area contributed by atoms with E-state index in [-0.39, 0.29) is 6.61 Å². The first-order valence-corrected chi connectivity index (χ1v) is 6.87. The first kappa shape index (κ1) is 16.8. The second kappa shape index (κ2) is 5.99. The highest BCUT2D eigenvalue weighted by atomic mass is 16.6. The van der Waals surface area contributed by atoms with E-state index in [4.69, 9.17) is 14.2 Å². The first-order chi connectivity index (χ1) is 9.16. The molecule has 0 aromatic rings. The highest BCUT2D eigenvalue weighted by Crippen LogP contribution is 2.34. The summed E-state index contributed by atoms with van der Waals surface area (Å²) in [4.78, 5) is 26.0. The van der Waals surface area contributed by atoms with Crippen LogP contribution < -0.4 is 0 Å². The van der Waals surface area contributed by atoms with Crippen LogP contribution in [0.3, 0.4) is 0 Å². The highest BCUT2D eigenvalue weighted by Gasteiger charge is 2.55. The SMILES string of the molecule is CCOC(=O)C1(C)C(OC)CCN1C(=O)OC(C)(C)C. The van der Waals surface area contributed by atoms with Gasteiger partial charge in [-0.3, -0.25) is 4.90 Å². The van der Waals surface area contributed by atoms with Gasteiger partial charge in [-0.1, -0.05) is 0 Å². The number of amides is 1. The number of carbonyl (C=O) groups is 2. The van der Waals surface area contributed by atoms with Gasteiger partial charge in [0.25, 0.3) is 0 Å². The molecular weight excluding hydrogens is 262 g/mol. The molecule has 1 saturated heterocycles. The standard InChI is InChI=1S/C14H25NO5/c1-7-19-11(16)14(5)10(18-6)8-9-15(14)12(17)20-13(2,3)4/h10H,7-9H2,1-6H3. The van der Waals surface area contributed by atoms with Gasteiger partial charge in [0.15, 0.2) is 5.54 Å². The Bertz CT molecular complexity index is 376. The topological polar surface area (TPSA) is 65.1 Å². The van der Waals surface area contributed by atoms with Crippen molar-refractivity contribution in [2.45, 2.75) is 58.3 Å². The number of hydrogen-bond acceptors (Lipinski definition) is 5. The fourth-order valence-electron chi connectivity index (χ4n) is 2.40. The number of methoxy groups -OCH3 is 1. The first-order valence-electron chi connectivity index (χ1n) is 6.87. The van der Waals surface area contributed by atoms with E-state index in [2.05, 4.69) is 0 Å². The second-order valence-corrected chi connectivity index (χ2v) is 6.01. The molecule has 6 nitrogen and oxygen atoms in total. The summed E-state index contributed by atoms with van der Waals surface area (Å²) in [6.45, 7) is 9.42. The molecule has 0 radical (unpaired) electrons. The monoisotopic (exact) mass is 287 g/mol. The van der Waals surface area contributed by atoms with Crippen LogP contribution in [0.25, 0.3) is 0 Å². The average molecular weight is 287 g/mol.